The van der Waals surface area contributed by atoms with Crippen LogP contribution in [0, 0.1) is 6.92 Å². The first kappa shape index (κ1) is 13.1. The zero-order chi connectivity index (χ0) is 13.0. The SMILES string of the molecule is Cc1ccccc1-c1ccc(CC(O)CCl)cc1. The van der Waals surface area contributed by atoms with Crippen molar-refractivity contribution in [2.45, 2.75) is 19.4 Å². The molecule has 1 nitrogen and oxygen atoms in total. The fourth-order valence-corrected chi connectivity index (χ4v) is 2.15. The normalized spacial score (nSPS) is 12.4. The minimum absolute atomic E-state index is 0.277. The molecule has 0 bridgehead atoms. The third-order valence-electron chi connectivity index (χ3n) is 3.06. The minimum atomic E-state index is -0.462. The Morgan fingerprint density at radius 2 is 1.72 bits per heavy atom. The van der Waals surface area contributed by atoms with Crippen molar-refractivity contribution in [1.29, 1.82) is 0 Å². The molecular formula is C16H17ClO. The number of halogens is 1. The Kier molecular flexibility index (Phi) is 4.40. The number of hydrogen-bond acceptors (Lipinski definition) is 1. The molecule has 2 aromatic rings. The van der Waals surface area contributed by atoms with Gasteiger partial charge in [0.05, 0.1) is 6.10 Å². The van der Waals surface area contributed by atoms with E-state index in [1.807, 2.05) is 12.1 Å². The van der Waals surface area contributed by atoms with Gasteiger partial charge in [-0.05, 0) is 35.6 Å². The molecule has 0 aromatic heterocycles. The molecule has 0 aliphatic carbocycles. The van der Waals surface area contributed by atoms with Gasteiger partial charge in [-0.1, -0.05) is 48.5 Å². The Bertz CT molecular complexity index is 505. The molecule has 1 atom stereocenters. The van der Waals surface area contributed by atoms with Crippen molar-refractivity contribution in [3.63, 3.8) is 0 Å². The highest BCUT2D eigenvalue weighted by Crippen LogP contribution is 2.23. The van der Waals surface area contributed by atoms with E-state index in [0.29, 0.717) is 6.42 Å². The quantitative estimate of drug-likeness (QED) is 0.829. The number of hydrogen-bond donors (Lipinski definition) is 1. The van der Waals surface area contributed by atoms with Gasteiger partial charge in [0.1, 0.15) is 0 Å². The largest absolute Gasteiger partial charge is 0.392 e. The molecule has 2 aromatic carbocycles. The number of aliphatic hydroxyl groups excluding tert-OH is 1. The molecule has 1 unspecified atom stereocenters. The van der Waals surface area contributed by atoms with E-state index in [9.17, 15) is 5.11 Å². The Hall–Kier alpha value is -1.31. The van der Waals surface area contributed by atoms with Gasteiger partial charge in [-0.2, -0.15) is 0 Å². The molecule has 2 rings (SSSR count). The first-order valence-corrected chi connectivity index (χ1v) is 6.63. The highest BCUT2D eigenvalue weighted by atomic mass is 35.5. The first-order chi connectivity index (χ1) is 8.70. The topological polar surface area (TPSA) is 20.2 Å². The van der Waals surface area contributed by atoms with Gasteiger partial charge in [-0.25, -0.2) is 0 Å². The molecule has 0 radical (unpaired) electrons. The third kappa shape index (κ3) is 3.12. The van der Waals surface area contributed by atoms with Crippen molar-refractivity contribution >= 4 is 11.6 Å². The Balaban J connectivity index is 2.20. The second-order valence-electron chi connectivity index (χ2n) is 4.52. The van der Waals surface area contributed by atoms with Crippen LogP contribution in [0.2, 0.25) is 0 Å². The van der Waals surface area contributed by atoms with Gasteiger partial charge in [-0.15, -0.1) is 11.6 Å². The molecule has 0 amide bonds. The molecule has 0 spiro atoms. The summed E-state index contributed by atoms with van der Waals surface area (Å²) in [6, 6.07) is 16.6. The molecule has 0 fully saturated rings. The molecule has 0 aliphatic rings. The zero-order valence-electron chi connectivity index (χ0n) is 10.4. The van der Waals surface area contributed by atoms with E-state index in [4.69, 9.17) is 11.6 Å². The molecule has 0 aliphatic heterocycles. The predicted molar refractivity (Wildman–Crippen MR) is 77.0 cm³/mol. The standard InChI is InChI=1S/C16H17ClO/c1-12-4-2-3-5-16(12)14-8-6-13(7-9-14)10-15(18)11-17/h2-9,15,18H,10-11H2,1H3. The van der Waals surface area contributed by atoms with Crippen LogP contribution < -0.4 is 0 Å². The summed E-state index contributed by atoms with van der Waals surface area (Å²) in [6.45, 7) is 2.11. The fraction of sp³-hybridized carbons (Fsp3) is 0.250. The average Bonchev–Trinajstić information content (AvgIpc) is 2.40. The lowest BCUT2D eigenvalue weighted by molar-refractivity contribution is 0.199. The number of rotatable bonds is 4. The van der Waals surface area contributed by atoms with E-state index in [2.05, 4.69) is 43.3 Å². The van der Waals surface area contributed by atoms with E-state index in [-0.39, 0.29) is 5.88 Å². The molecule has 1 N–H and O–H groups in total. The summed E-state index contributed by atoms with van der Waals surface area (Å²) in [4.78, 5) is 0. The molecule has 94 valence electrons. The van der Waals surface area contributed by atoms with Crippen molar-refractivity contribution in [3.05, 3.63) is 59.7 Å². The predicted octanol–water partition coefficient (Wildman–Crippen LogP) is 3.80. The van der Waals surface area contributed by atoms with Crippen molar-refractivity contribution in [2.75, 3.05) is 5.88 Å². The summed E-state index contributed by atoms with van der Waals surface area (Å²) in [5, 5.41) is 9.51. The Morgan fingerprint density at radius 3 is 2.33 bits per heavy atom. The van der Waals surface area contributed by atoms with Crippen molar-refractivity contribution < 1.29 is 5.11 Å². The second kappa shape index (κ2) is 6.03. The summed E-state index contributed by atoms with van der Waals surface area (Å²) in [6.07, 6.45) is 0.147. The van der Waals surface area contributed by atoms with Gasteiger partial charge in [0.25, 0.3) is 0 Å². The van der Waals surface area contributed by atoms with E-state index in [0.717, 1.165) is 5.56 Å². The van der Waals surface area contributed by atoms with Crippen LogP contribution in [0.3, 0.4) is 0 Å². The van der Waals surface area contributed by atoms with Gasteiger partial charge in [-0.3, -0.25) is 0 Å². The van der Waals surface area contributed by atoms with E-state index in [1.165, 1.54) is 16.7 Å². The summed E-state index contributed by atoms with van der Waals surface area (Å²) in [5.74, 6) is 0.277. The molecular weight excluding hydrogens is 244 g/mol. The number of alkyl halides is 1. The maximum Gasteiger partial charge on any atom is 0.0715 e. The maximum atomic E-state index is 9.51. The third-order valence-corrected chi connectivity index (χ3v) is 3.42. The Morgan fingerprint density at radius 1 is 1.06 bits per heavy atom. The van der Waals surface area contributed by atoms with Gasteiger partial charge >= 0.3 is 0 Å². The second-order valence-corrected chi connectivity index (χ2v) is 4.83. The van der Waals surface area contributed by atoms with Crippen LogP contribution in [0.1, 0.15) is 11.1 Å². The Labute approximate surface area is 113 Å². The number of benzene rings is 2. The van der Waals surface area contributed by atoms with E-state index >= 15 is 0 Å². The van der Waals surface area contributed by atoms with Gasteiger partial charge in [0, 0.05) is 5.88 Å². The average molecular weight is 261 g/mol. The number of aryl methyl sites for hydroxylation is 1. The van der Waals surface area contributed by atoms with Crippen LogP contribution in [-0.4, -0.2) is 17.1 Å². The van der Waals surface area contributed by atoms with Crippen LogP contribution in [0.4, 0.5) is 0 Å². The van der Waals surface area contributed by atoms with Gasteiger partial charge < -0.3 is 5.11 Å². The lowest BCUT2D eigenvalue weighted by Crippen LogP contribution is -2.11. The lowest BCUT2D eigenvalue weighted by atomic mass is 9.98. The minimum Gasteiger partial charge on any atom is -0.392 e. The molecule has 0 saturated heterocycles. The monoisotopic (exact) mass is 260 g/mol. The smallest absolute Gasteiger partial charge is 0.0715 e. The van der Waals surface area contributed by atoms with Crippen molar-refractivity contribution in [1.82, 2.24) is 0 Å². The summed E-state index contributed by atoms with van der Waals surface area (Å²) >= 11 is 5.60. The van der Waals surface area contributed by atoms with Crippen LogP contribution in [0.15, 0.2) is 48.5 Å². The van der Waals surface area contributed by atoms with Crippen LogP contribution in [-0.2, 0) is 6.42 Å². The molecule has 0 saturated carbocycles. The maximum absolute atomic E-state index is 9.51. The van der Waals surface area contributed by atoms with E-state index < -0.39 is 6.10 Å². The molecule has 2 heteroatoms. The van der Waals surface area contributed by atoms with Crippen LogP contribution in [0.5, 0.6) is 0 Å². The molecule has 0 heterocycles. The van der Waals surface area contributed by atoms with Crippen LogP contribution >= 0.6 is 11.6 Å². The highest BCUT2D eigenvalue weighted by Gasteiger charge is 2.05. The van der Waals surface area contributed by atoms with Crippen LogP contribution in [0.25, 0.3) is 11.1 Å². The summed E-state index contributed by atoms with van der Waals surface area (Å²) < 4.78 is 0. The van der Waals surface area contributed by atoms with Crippen molar-refractivity contribution in [2.24, 2.45) is 0 Å². The van der Waals surface area contributed by atoms with Gasteiger partial charge in [0.2, 0.25) is 0 Å². The summed E-state index contributed by atoms with van der Waals surface area (Å²) in [5.41, 5.74) is 4.84. The first-order valence-electron chi connectivity index (χ1n) is 6.09. The molecule has 18 heavy (non-hydrogen) atoms. The van der Waals surface area contributed by atoms with E-state index in [1.54, 1.807) is 0 Å². The number of aliphatic hydroxyl groups is 1. The van der Waals surface area contributed by atoms with Gasteiger partial charge in [0.15, 0.2) is 0 Å². The lowest BCUT2D eigenvalue weighted by Gasteiger charge is -2.09. The van der Waals surface area contributed by atoms with Crippen molar-refractivity contribution in [3.8, 4) is 11.1 Å². The zero-order valence-corrected chi connectivity index (χ0v) is 11.2. The summed E-state index contributed by atoms with van der Waals surface area (Å²) in [7, 11) is 0. The highest BCUT2D eigenvalue weighted by molar-refractivity contribution is 6.18. The fourth-order valence-electron chi connectivity index (χ4n) is 2.04.